The minimum absolute atomic E-state index is 0.456. The molecule has 0 N–H and O–H groups in total. The van der Waals surface area contributed by atoms with Gasteiger partial charge < -0.3 is 14.5 Å². The maximum atomic E-state index is 6.59. The summed E-state index contributed by atoms with van der Waals surface area (Å²) in [6.45, 7) is 6.78. The van der Waals surface area contributed by atoms with Crippen LogP contribution in [0.1, 0.15) is 25.0 Å². The molecule has 0 saturated carbocycles. The lowest BCUT2D eigenvalue weighted by molar-refractivity contribution is 0.308. The minimum Gasteiger partial charge on any atom is -0.470 e. The summed E-state index contributed by atoms with van der Waals surface area (Å²) in [4.78, 5) is 4.51. The second-order valence-electron chi connectivity index (χ2n) is 6.91. The van der Waals surface area contributed by atoms with Gasteiger partial charge in [0.1, 0.15) is 0 Å². The van der Waals surface area contributed by atoms with E-state index in [0.29, 0.717) is 11.8 Å². The van der Waals surface area contributed by atoms with Crippen molar-refractivity contribution < 1.29 is 4.74 Å². The average molecular weight is 405 g/mol. The van der Waals surface area contributed by atoms with Crippen LogP contribution in [0.4, 0.5) is 11.4 Å². The maximum Gasteiger partial charge on any atom is 0.165 e. The van der Waals surface area contributed by atoms with Crippen LogP contribution in [0, 0.1) is 0 Å². The largest absolute Gasteiger partial charge is 0.470 e. The predicted octanol–water partition coefficient (Wildman–Crippen LogP) is 6.51. The summed E-state index contributed by atoms with van der Waals surface area (Å²) < 4.78 is 6.21. The van der Waals surface area contributed by atoms with Crippen LogP contribution < -0.4 is 9.80 Å². The number of nitrogens with zero attached hydrogens (tertiary/aromatic N) is 2. The Morgan fingerprint density at radius 3 is 2.17 bits per heavy atom. The molecule has 0 amide bonds. The highest BCUT2D eigenvalue weighted by molar-refractivity contribution is 6.32. The number of ether oxygens (including phenoxy) is 1. The molecule has 0 atom stereocenters. The zero-order valence-electron chi connectivity index (χ0n) is 16.8. The van der Waals surface area contributed by atoms with Gasteiger partial charge in [-0.05, 0) is 56.3 Å². The lowest BCUT2D eigenvalue weighted by Gasteiger charge is -2.21. The van der Waals surface area contributed by atoms with Crippen molar-refractivity contribution in [3.63, 3.8) is 0 Å². The van der Waals surface area contributed by atoms with Gasteiger partial charge in [-0.25, -0.2) is 0 Å². The molecule has 4 rings (SSSR count). The molecule has 1 aliphatic heterocycles. The molecular weight excluding hydrogens is 380 g/mol. The highest BCUT2D eigenvalue weighted by Gasteiger charge is 2.29. The van der Waals surface area contributed by atoms with Gasteiger partial charge in [0, 0.05) is 35.6 Å². The van der Waals surface area contributed by atoms with Gasteiger partial charge in [-0.2, -0.15) is 0 Å². The smallest absolute Gasteiger partial charge is 0.165 e. The molecule has 0 fully saturated rings. The second kappa shape index (κ2) is 8.62. The third kappa shape index (κ3) is 3.83. The van der Waals surface area contributed by atoms with Crippen LogP contribution in [0.3, 0.4) is 0 Å². The third-order valence-corrected chi connectivity index (χ3v) is 5.61. The van der Waals surface area contributed by atoms with Gasteiger partial charge in [-0.1, -0.05) is 48.0 Å². The van der Waals surface area contributed by atoms with E-state index >= 15 is 0 Å². The molecule has 0 aliphatic carbocycles. The molecule has 148 valence electrons. The molecule has 0 spiro atoms. The molecule has 0 unspecified atom stereocenters. The number of para-hydroxylation sites is 1. The number of rotatable bonds is 6. The molecule has 4 heteroatoms. The Labute approximate surface area is 177 Å². The lowest BCUT2D eigenvalue weighted by Crippen LogP contribution is -2.21. The van der Waals surface area contributed by atoms with E-state index in [1.54, 1.807) is 0 Å². The highest BCUT2D eigenvalue weighted by Crippen LogP contribution is 2.41. The fraction of sp³-hybridized carbons (Fsp3) is 0.200. The average Bonchev–Trinajstić information content (AvgIpc) is 3.21. The van der Waals surface area contributed by atoms with Crippen LogP contribution in [-0.4, -0.2) is 19.8 Å². The normalized spacial score (nSPS) is 13.6. The van der Waals surface area contributed by atoms with Crippen LogP contribution in [-0.2, 0) is 4.74 Å². The number of benzene rings is 3. The van der Waals surface area contributed by atoms with Crippen molar-refractivity contribution in [2.24, 2.45) is 0 Å². The van der Waals surface area contributed by atoms with Crippen molar-refractivity contribution >= 4 is 34.4 Å². The van der Waals surface area contributed by atoms with Gasteiger partial charge in [0.15, 0.2) is 12.5 Å². The zero-order valence-corrected chi connectivity index (χ0v) is 17.6. The third-order valence-electron chi connectivity index (χ3n) is 5.28. The van der Waals surface area contributed by atoms with E-state index in [1.165, 1.54) is 5.69 Å². The van der Waals surface area contributed by atoms with E-state index in [1.807, 2.05) is 42.5 Å². The Bertz CT molecular complexity index is 995. The van der Waals surface area contributed by atoms with E-state index in [4.69, 9.17) is 16.3 Å². The Hall–Kier alpha value is -2.91. The standard InChI is InChI=1S/C25H25ClN2O/c1-3-27(4-2)20-16-14-19(15-17-20)25-24(22-12-8-9-13-23(22)26)28(18-29-25)21-10-6-5-7-11-21/h5-17H,3-4,18H2,1-2H3. The molecule has 3 aromatic carbocycles. The Morgan fingerprint density at radius 1 is 0.862 bits per heavy atom. The molecule has 3 nitrogen and oxygen atoms in total. The van der Waals surface area contributed by atoms with Crippen LogP contribution >= 0.6 is 11.6 Å². The number of halogens is 1. The first-order valence-electron chi connectivity index (χ1n) is 10.0. The van der Waals surface area contributed by atoms with E-state index in [9.17, 15) is 0 Å². The molecule has 1 heterocycles. The summed E-state index contributed by atoms with van der Waals surface area (Å²) in [7, 11) is 0. The summed E-state index contributed by atoms with van der Waals surface area (Å²) >= 11 is 6.59. The van der Waals surface area contributed by atoms with Crippen LogP contribution in [0.15, 0.2) is 78.9 Å². The summed E-state index contributed by atoms with van der Waals surface area (Å²) in [6, 6.07) is 26.8. The van der Waals surface area contributed by atoms with Crippen molar-refractivity contribution in [2.75, 3.05) is 29.6 Å². The molecular formula is C25H25ClN2O. The second-order valence-corrected chi connectivity index (χ2v) is 7.32. The predicted molar refractivity (Wildman–Crippen MR) is 123 cm³/mol. The SMILES string of the molecule is CCN(CC)c1ccc(C2=C(c3ccccc3Cl)N(c3ccccc3)CO2)cc1. The minimum atomic E-state index is 0.456. The fourth-order valence-electron chi connectivity index (χ4n) is 3.75. The first-order valence-corrected chi connectivity index (χ1v) is 10.4. The Balaban J connectivity index is 1.81. The van der Waals surface area contributed by atoms with E-state index in [-0.39, 0.29) is 0 Å². The van der Waals surface area contributed by atoms with Gasteiger partial charge in [-0.15, -0.1) is 0 Å². The topological polar surface area (TPSA) is 15.7 Å². The maximum absolute atomic E-state index is 6.59. The summed E-state index contributed by atoms with van der Waals surface area (Å²) in [5.41, 5.74) is 5.32. The van der Waals surface area contributed by atoms with E-state index < -0.39 is 0 Å². The van der Waals surface area contributed by atoms with Crippen molar-refractivity contribution in [3.05, 3.63) is 95.0 Å². The molecule has 3 aromatic rings. The fourth-order valence-corrected chi connectivity index (χ4v) is 3.97. The number of hydrogen-bond donors (Lipinski definition) is 0. The lowest BCUT2D eigenvalue weighted by atomic mass is 10.0. The first-order chi connectivity index (χ1) is 14.2. The van der Waals surface area contributed by atoms with Crippen LogP contribution in [0.25, 0.3) is 11.5 Å². The van der Waals surface area contributed by atoms with E-state index in [0.717, 1.165) is 41.4 Å². The van der Waals surface area contributed by atoms with Gasteiger partial charge in [0.05, 0.1) is 10.7 Å². The van der Waals surface area contributed by atoms with Crippen LogP contribution in [0.5, 0.6) is 0 Å². The molecule has 0 bridgehead atoms. The van der Waals surface area contributed by atoms with Crippen molar-refractivity contribution in [3.8, 4) is 0 Å². The van der Waals surface area contributed by atoms with Crippen LogP contribution in [0.2, 0.25) is 5.02 Å². The van der Waals surface area contributed by atoms with Gasteiger partial charge >= 0.3 is 0 Å². The number of anilines is 2. The summed E-state index contributed by atoms with van der Waals surface area (Å²) in [6.07, 6.45) is 0. The van der Waals surface area contributed by atoms with Crippen molar-refractivity contribution in [1.82, 2.24) is 0 Å². The zero-order chi connectivity index (χ0) is 20.2. The van der Waals surface area contributed by atoms with E-state index in [2.05, 4.69) is 60.0 Å². The monoisotopic (exact) mass is 404 g/mol. The van der Waals surface area contributed by atoms with Gasteiger partial charge in [0.2, 0.25) is 0 Å². The molecule has 0 saturated heterocycles. The van der Waals surface area contributed by atoms with Gasteiger partial charge in [0.25, 0.3) is 0 Å². The summed E-state index contributed by atoms with van der Waals surface area (Å²) in [5.74, 6) is 0.855. The Kier molecular flexibility index (Phi) is 5.77. The quantitative estimate of drug-likeness (QED) is 0.466. The molecule has 0 radical (unpaired) electrons. The van der Waals surface area contributed by atoms with Crippen molar-refractivity contribution in [1.29, 1.82) is 0 Å². The van der Waals surface area contributed by atoms with Crippen molar-refractivity contribution in [2.45, 2.75) is 13.8 Å². The highest BCUT2D eigenvalue weighted by atomic mass is 35.5. The first kappa shape index (κ1) is 19.4. The van der Waals surface area contributed by atoms with Gasteiger partial charge in [-0.3, -0.25) is 0 Å². The molecule has 0 aromatic heterocycles. The summed E-state index contributed by atoms with van der Waals surface area (Å²) in [5, 5.41) is 0.714. The Morgan fingerprint density at radius 2 is 1.52 bits per heavy atom. The molecule has 29 heavy (non-hydrogen) atoms. The molecule has 1 aliphatic rings. The number of hydrogen-bond acceptors (Lipinski definition) is 3.